The minimum Gasteiger partial charge on any atom is -0.309 e. The summed E-state index contributed by atoms with van der Waals surface area (Å²) in [6.07, 6.45) is 7.12. The molecule has 5 aliphatic rings. The molecule has 4 bridgehead atoms. The van der Waals surface area contributed by atoms with Gasteiger partial charge in [-0.05, 0) is 129 Å². The molecule has 1 heterocycles. The van der Waals surface area contributed by atoms with Gasteiger partial charge in [-0.25, -0.2) is 0 Å². The Bertz CT molecular complexity index is 2620. The molecule has 0 aliphatic heterocycles. The molecule has 0 N–H and O–H groups in total. The van der Waals surface area contributed by atoms with Crippen molar-refractivity contribution in [3.05, 3.63) is 139 Å². The van der Waals surface area contributed by atoms with Gasteiger partial charge in [-0.1, -0.05) is 103 Å². The van der Waals surface area contributed by atoms with E-state index in [-0.39, 0.29) is 5.41 Å². The highest BCUT2D eigenvalue weighted by molar-refractivity contribution is 6.23. The standard InChI is InChI=1S/C46H35N/c1-4-12-34-29(9-1)17-18-42-45(34)39-25-41-38(36-14-7-8-16-40(36)46(41)31-20-27-19-28(22-31)23-32(46)21-27)26-44(39)47(42)43-24-30-10-2-3-11-33(30)35-13-5-6-15-37(35)43/h1-18,24-28,31-32H,19-23H2. The molecule has 7 aromatic carbocycles. The fourth-order valence-electron chi connectivity index (χ4n) is 11.9. The Hall–Kier alpha value is -4.88. The number of benzene rings is 7. The molecule has 1 heteroatoms. The van der Waals surface area contributed by atoms with Crippen LogP contribution in [-0.4, -0.2) is 4.57 Å². The van der Waals surface area contributed by atoms with Gasteiger partial charge in [0.05, 0.1) is 16.7 Å². The lowest BCUT2D eigenvalue weighted by molar-refractivity contribution is -0.0399. The molecular formula is C46H35N. The van der Waals surface area contributed by atoms with Gasteiger partial charge in [0.15, 0.2) is 0 Å². The van der Waals surface area contributed by atoms with Gasteiger partial charge in [0.25, 0.3) is 0 Å². The van der Waals surface area contributed by atoms with Crippen molar-refractivity contribution in [2.75, 3.05) is 0 Å². The largest absolute Gasteiger partial charge is 0.309 e. The van der Waals surface area contributed by atoms with Crippen LogP contribution in [0.4, 0.5) is 0 Å². The molecule has 0 unspecified atom stereocenters. The first-order valence-corrected chi connectivity index (χ1v) is 17.8. The van der Waals surface area contributed by atoms with Gasteiger partial charge in [0, 0.05) is 21.6 Å². The molecule has 5 aliphatic carbocycles. The van der Waals surface area contributed by atoms with Crippen LogP contribution in [0.5, 0.6) is 0 Å². The van der Waals surface area contributed by atoms with E-state index < -0.39 is 0 Å². The quantitative estimate of drug-likeness (QED) is 0.165. The Morgan fingerprint density at radius 2 is 1.11 bits per heavy atom. The van der Waals surface area contributed by atoms with Crippen LogP contribution in [0.3, 0.4) is 0 Å². The highest BCUT2D eigenvalue weighted by Crippen LogP contribution is 2.69. The second-order valence-electron chi connectivity index (χ2n) is 15.3. The van der Waals surface area contributed by atoms with Gasteiger partial charge >= 0.3 is 0 Å². The number of hydrogen-bond acceptors (Lipinski definition) is 0. The molecule has 1 nitrogen and oxygen atoms in total. The maximum atomic E-state index is 2.71. The van der Waals surface area contributed by atoms with Gasteiger partial charge < -0.3 is 4.57 Å². The summed E-state index contributed by atoms with van der Waals surface area (Å²) in [5.41, 5.74) is 10.3. The first-order chi connectivity index (χ1) is 23.3. The number of aromatic nitrogens is 1. The zero-order chi connectivity index (χ0) is 30.4. The van der Waals surface area contributed by atoms with Crippen LogP contribution in [0.15, 0.2) is 127 Å². The summed E-state index contributed by atoms with van der Waals surface area (Å²) in [6.45, 7) is 0. The normalized spacial score (nSPS) is 25.5. The molecular weight excluding hydrogens is 567 g/mol. The molecule has 0 saturated heterocycles. The summed E-state index contributed by atoms with van der Waals surface area (Å²) in [4.78, 5) is 0. The van der Waals surface area contributed by atoms with Gasteiger partial charge in [-0.3, -0.25) is 0 Å². The molecule has 0 atom stereocenters. The summed E-state index contributed by atoms with van der Waals surface area (Å²) < 4.78 is 2.61. The van der Waals surface area contributed by atoms with Crippen molar-refractivity contribution in [1.82, 2.24) is 4.57 Å². The SMILES string of the molecule is c1ccc2c(c1)-c1cc3c(cc1C21C2CC4CC(C2)CC1C4)c1c2ccccc2ccc1n3-c1cc2ccccc2c2ccccc12. The molecule has 13 rings (SSSR count). The molecule has 4 saturated carbocycles. The van der Waals surface area contributed by atoms with Crippen molar-refractivity contribution in [3.63, 3.8) is 0 Å². The molecule has 224 valence electrons. The lowest BCUT2D eigenvalue weighted by atomic mass is 9.43. The van der Waals surface area contributed by atoms with E-state index in [9.17, 15) is 0 Å². The average Bonchev–Trinajstić information content (AvgIpc) is 3.59. The van der Waals surface area contributed by atoms with Crippen molar-refractivity contribution in [3.8, 4) is 16.8 Å². The number of fused-ring (bicyclic) bond motifs is 11. The zero-order valence-electron chi connectivity index (χ0n) is 26.4. The highest BCUT2D eigenvalue weighted by atomic mass is 15.0. The fraction of sp³-hybridized carbons (Fsp3) is 0.217. The van der Waals surface area contributed by atoms with E-state index in [1.807, 2.05) is 0 Å². The first-order valence-electron chi connectivity index (χ1n) is 17.8. The third kappa shape index (κ3) is 3.03. The molecule has 1 spiro atoms. The van der Waals surface area contributed by atoms with Crippen LogP contribution in [0.2, 0.25) is 0 Å². The minimum atomic E-state index is 0.155. The minimum absolute atomic E-state index is 0.155. The van der Waals surface area contributed by atoms with Crippen molar-refractivity contribution < 1.29 is 0 Å². The average molecular weight is 602 g/mol. The van der Waals surface area contributed by atoms with Crippen LogP contribution >= 0.6 is 0 Å². The summed E-state index contributed by atoms with van der Waals surface area (Å²) >= 11 is 0. The summed E-state index contributed by atoms with van der Waals surface area (Å²) in [5.74, 6) is 3.39. The van der Waals surface area contributed by atoms with E-state index in [2.05, 4.69) is 132 Å². The Balaban J connectivity index is 1.26. The topological polar surface area (TPSA) is 4.93 Å². The van der Waals surface area contributed by atoms with Gasteiger partial charge in [-0.2, -0.15) is 0 Å². The predicted octanol–water partition coefficient (Wildman–Crippen LogP) is 12.0. The van der Waals surface area contributed by atoms with Crippen LogP contribution in [0.25, 0.3) is 70.9 Å². The van der Waals surface area contributed by atoms with Gasteiger partial charge in [-0.15, -0.1) is 0 Å². The number of nitrogens with zero attached hydrogens (tertiary/aromatic N) is 1. The lowest BCUT2D eigenvalue weighted by Crippen LogP contribution is -2.55. The zero-order valence-corrected chi connectivity index (χ0v) is 26.4. The summed E-state index contributed by atoms with van der Waals surface area (Å²) in [6, 6.07) is 49.0. The van der Waals surface area contributed by atoms with Crippen LogP contribution in [0, 0.1) is 23.7 Å². The number of rotatable bonds is 1. The van der Waals surface area contributed by atoms with Crippen LogP contribution in [-0.2, 0) is 5.41 Å². The maximum absolute atomic E-state index is 2.71. The van der Waals surface area contributed by atoms with Gasteiger partial charge in [0.1, 0.15) is 0 Å². The molecule has 1 aromatic heterocycles. The summed E-state index contributed by atoms with van der Waals surface area (Å²) in [5, 5.41) is 10.7. The maximum Gasteiger partial charge on any atom is 0.0547 e. The molecule has 0 radical (unpaired) electrons. The lowest BCUT2D eigenvalue weighted by Gasteiger charge is -2.61. The third-order valence-corrected chi connectivity index (χ3v) is 13.3. The van der Waals surface area contributed by atoms with E-state index in [4.69, 9.17) is 0 Å². The Labute approximate surface area is 274 Å². The van der Waals surface area contributed by atoms with Crippen molar-refractivity contribution >= 4 is 54.1 Å². The van der Waals surface area contributed by atoms with Crippen molar-refractivity contribution in [2.24, 2.45) is 23.7 Å². The third-order valence-electron chi connectivity index (χ3n) is 13.3. The van der Waals surface area contributed by atoms with Crippen molar-refractivity contribution in [1.29, 1.82) is 0 Å². The second-order valence-corrected chi connectivity index (χ2v) is 15.3. The fourth-order valence-corrected chi connectivity index (χ4v) is 11.9. The molecule has 47 heavy (non-hydrogen) atoms. The van der Waals surface area contributed by atoms with E-state index in [0.717, 1.165) is 23.7 Å². The van der Waals surface area contributed by atoms with E-state index >= 15 is 0 Å². The Morgan fingerprint density at radius 3 is 1.91 bits per heavy atom. The van der Waals surface area contributed by atoms with E-state index in [0.29, 0.717) is 0 Å². The van der Waals surface area contributed by atoms with E-state index in [1.54, 1.807) is 11.1 Å². The smallest absolute Gasteiger partial charge is 0.0547 e. The van der Waals surface area contributed by atoms with Crippen LogP contribution in [0.1, 0.15) is 43.2 Å². The monoisotopic (exact) mass is 601 g/mol. The second kappa shape index (κ2) is 8.72. The molecule has 0 amide bonds. The van der Waals surface area contributed by atoms with Crippen LogP contribution < -0.4 is 0 Å². The van der Waals surface area contributed by atoms with E-state index in [1.165, 1.54) is 103 Å². The predicted molar refractivity (Wildman–Crippen MR) is 197 cm³/mol. The Morgan fingerprint density at radius 1 is 0.447 bits per heavy atom. The first kappa shape index (κ1) is 25.2. The Kier molecular flexibility index (Phi) is 4.68. The molecule has 8 aromatic rings. The summed E-state index contributed by atoms with van der Waals surface area (Å²) in [7, 11) is 0. The highest BCUT2D eigenvalue weighted by Gasteiger charge is 2.61. The van der Waals surface area contributed by atoms with Crippen molar-refractivity contribution in [2.45, 2.75) is 37.5 Å². The van der Waals surface area contributed by atoms with Gasteiger partial charge in [0.2, 0.25) is 0 Å². The number of hydrogen-bond donors (Lipinski definition) is 0. The molecule has 4 fully saturated rings.